The summed E-state index contributed by atoms with van der Waals surface area (Å²) in [5.74, 6) is 0.158. The highest BCUT2D eigenvalue weighted by Crippen LogP contribution is 2.53. The Hall–Kier alpha value is -4.43. The third-order valence-electron chi connectivity index (χ3n) is 9.52. The van der Waals surface area contributed by atoms with Gasteiger partial charge >= 0.3 is 0 Å². The number of benzene rings is 5. The second-order valence-electron chi connectivity index (χ2n) is 12.9. The first-order valence-electron chi connectivity index (χ1n) is 15.4. The molecule has 1 heterocycles. The molecule has 1 amide bonds. The molecule has 6 rings (SSSR count). The fraction of sp³-hybridized carbons (Fsp3) is 0.244. The Morgan fingerprint density at radius 3 is 1.63 bits per heavy atom. The summed E-state index contributed by atoms with van der Waals surface area (Å²) in [5, 5.41) is 0. The van der Waals surface area contributed by atoms with E-state index in [9.17, 15) is 4.79 Å². The fourth-order valence-electron chi connectivity index (χ4n) is 7.65. The average Bonchev–Trinajstić information content (AvgIpc) is 3.03. The molecule has 0 radical (unpaired) electrons. The molecule has 43 heavy (non-hydrogen) atoms. The largest absolute Gasteiger partial charge is 0.307 e. The highest BCUT2D eigenvalue weighted by molar-refractivity contribution is 5.96. The van der Waals surface area contributed by atoms with E-state index in [1.807, 2.05) is 6.92 Å². The van der Waals surface area contributed by atoms with E-state index < -0.39 is 5.41 Å². The van der Waals surface area contributed by atoms with Crippen molar-refractivity contribution in [1.82, 2.24) is 0 Å². The molecule has 0 saturated heterocycles. The second kappa shape index (κ2) is 11.0. The topological polar surface area (TPSA) is 20.3 Å². The molecule has 2 nitrogen and oxygen atoms in total. The highest BCUT2D eigenvalue weighted by atomic mass is 16.2. The SMILES string of the molecule is CCC(=O)N1c2ccc(C(c3ccccc3)(c3ccccc3)c3ccccc3)cc2C(C)(c2ccc(C)cc2)CC1(C)C. The van der Waals surface area contributed by atoms with E-state index in [1.54, 1.807) is 0 Å². The first kappa shape index (κ1) is 28.7. The van der Waals surface area contributed by atoms with Crippen LogP contribution in [0.2, 0.25) is 0 Å². The first-order valence-corrected chi connectivity index (χ1v) is 15.4. The van der Waals surface area contributed by atoms with Crippen LogP contribution < -0.4 is 4.90 Å². The fourth-order valence-corrected chi connectivity index (χ4v) is 7.65. The van der Waals surface area contributed by atoms with Crippen LogP contribution in [0.1, 0.15) is 79.5 Å². The Bertz CT molecular complexity index is 1630. The van der Waals surface area contributed by atoms with Gasteiger partial charge in [0, 0.05) is 23.1 Å². The Labute approximate surface area is 257 Å². The molecule has 216 valence electrons. The molecule has 1 aliphatic rings. The Morgan fingerprint density at radius 2 is 1.16 bits per heavy atom. The molecule has 0 aliphatic carbocycles. The number of aryl methyl sites for hydroxylation is 1. The molecule has 0 saturated carbocycles. The van der Waals surface area contributed by atoms with Gasteiger partial charge in [-0.2, -0.15) is 0 Å². The Morgan fingerprint density at radius 1 is 0.674 bits per heavy atom. The van der Waals surface area contributed by atoms with Gasteiger partial charge in [0.2, 0.25) is 5.91 Å². The molecule has 0 bridgehead atoms. The number of anilines is 1. The number of fused-ring (bicyclic) bond motifs is 1. The highest BCUT2D eigenvalue weighted by Gasteiger charge is 2.49. The van der Waals surface area contributed by atoms with Crippen LogP contribution in [0.5, 0.6) is 0 Å². The van der Waals surface area contributed by atoms with Gasteiger partial charge in [0.15, 0.2) is 0 Å². The minimum Gasteiger partial charge on any atom is -0.307 e. The molecule has 2 heteroatoms. The van der Waals surface area contributed by atoms with Gasteiger partial charge in [-0.25, -0.2) is 0 Å². The number of amides is 1. The average molecular weight is 564 g/mol. The van der Waals surface area contributed by atoms with Crippen molar-refractivity contribution < 1.29 is 4.79 Å². The summed E-state index contributed by atoms with van der Waals surface area (Å²) in [6, 6.07) is 48.4. The zero-order chi connectivity index (χ0) is 30.2. The van der Waals surface area contributed by atoms with E-state index in [4.69, 9.17) is 0 Å². The lowest BCUT2D eigenvalue weighted by Crippen LogP contribution is -2.55. The van der Waals surface area contributed by atoms with E-state index >= 15 is 0 Å². The van der Waals surface area contributed by atoms with Gasteiger partial charge in [0.25, 0.3) is 0 Å². The van der Waals surface area contributed by atoms with Crippen LogP contribution in [0.4, 0.5) is 5.69 Å². The van der Waals surface area contributed by atoms with Crippen LogP contribution in [0.3, 0.4) is 0 Å². The van der Waals surface area contributed by atoms with Gasteiger partial charge in [-0.1, -0.05) is 147 Å². The van der Waals surface area contributed by atoms with Crippen molar-refractivity contribution in [3.05, 3.63) is 172 Å². The maximum atomic E-state index is 13.6. The summed E-state index contributed by atoms with van der Waals surface area (Å²) < 4.78 is 0. The minimum atomic E-state index is -0.556. The van der Waals surface area contributed by atoms with Crippen molar-refractivity contribution in [2.75, 3.05) is 4.90 Å². The van der Waals surface area contributed by atoms with Crippen molar-refractivity contribution in [2.45, 2.75) is 63.8 Å². The van der Waals surface area contributed by atoms with Crippen molar-refractivity contribution in [2.24, 2.45) is 0 Å². The third-order valence-corrected chi connectivity index (χ3v) is 9.52. The van der Waals surface area contributed by atoms with Crippen molar-refractivity contribution in [1.29, 1.82) is 0 Å². The molecule has 5 aromatic rings. The van der Waals surface area contributed by atoms with E-state index in [1.165, 1.54) is 38.9 Å². The molecular weight excluding hydrogens is 522 g/mol. The second-order valence-corrected chi connectivity index (χ2v) is 12.9. The predicted molar refractivity (Wildman–Crippen MR) is 179 cm³/mol. The quantitative estimate of drug-likeness (QED) is 0.188. The monoisotopic (exact) mass is 563 g/mol. The lowest BCUT2D eigenvalue weighted by Gasteiger charge is -2.52. The Kier molecular flexibility index (Phi) is 7.34. The maximum Gasteiger partial charge on any atom is 0.227 e. The molecule has 1 unspecified atom stereocenters. The normalized spacial score (nSPS) is 17.7. The van der Waals surface area contributed by atoms with Gasteiger partial charge in [0.05, 0.1) is 5.41 Å². The summed E-state index contributed by atoms with van der Waals surface area (Å²) in [6.45, 7) is 10.9. The number of rotatable bonds is 6. The number of hydrogen-bond acceptors (Lipinski definition) is 1. The zero-order valence-corrected chi connectivity index (χ0v) is 26.0. The molecule has 1 atom stereocenters. The van der Waals surface area contributed by atoms with E-state index in [2.05, 4.69) is 166 Å². The minimum absolute atomic E-state index is 0.158. The summed E-state index contributed by atoms with van der Waals surface area (Å²) in [4.78, 5) is 15.7. The van der Waals surface area contributed by atoms with Crippen LogP contribution in [0.15, 0.2) is 133 Å². The third kappa shape index (κ3) is 4.70. The molecular formula is C41H41NO. The van der Waals surface area contributed by atoms with Gasteiger partial charge in [-0.3, -0.25) is 4.79 Å². The lowest BCUT2D eigenvalue weighted by molar-refractivity contribution is -0.119. The number of hydrogen-bond donors (Lipinski definition) is 0. The number of carbonyl (C=O) groups excluding carboxylic acids is 1. The lowest BCUT2D eigenvalue weighted by atomic mass is 9.61. The van der Waals surface area contributed by atoms with Gasteiger partial charge in [-0.15, -0.1) is 0 Å². The summed E-state index contributed by atoms with van der Waals surface area (Å²) in [7, 11) is 0. The molecule has 0 aromatic heterocycles. The number of nitrogens with zero attached hydrogens (tertiary/aromatic N) is 1. The molecule has 1 aliphatic heterocycles. The van der Waals surface area contributed by atoms with Gasteiger partial charge < -0.3 is 4.90 Å². The predicted octanol–water partition coefficient (Wildman–Crippen LogP) is 9.61. The molecule has 0 fully saturated rings. The van der Waals surface area contributed by atoms with Crippen LogP contribution >= 0.6 is 0 Å². The smallest absolute Gasteiger partial charge is 0.227 e. The van der Waals surface area contributed by atoms with Crippen molar-refractivity contribution in [3.8, 4) is 0 Å². The maximum absolute atomic E-state index is 13.6. The molecule has 0 N–H and O–H groups in total. The van der Waals surface area contributed by atoms with E-state index in [-0.39, 0.29) is 16.9 Å². The molecule has 5 aromatic carbocycles. The number of carbonyl (C=O) groups is 1. The van der Waals surface area contributed by atoms with Gasteiger partial charge in [-0.05, 0) is 66.6 Å². The van der Waals surface area contributed by atoms with Crippen molar-refractivity contribution in [3.63, 3.8) is 0 Å². The van der Waals surface area contributed by atoms with Crippen molar-refractivity contribution >= 4 is 11.6 Å². The standard InChI is InChI=1S/C41H41NO/c1-6-38(43)42-37-27-26-35(28-36(37)40(5,29-39(42,3)4)31-24-22-30(2)23-25-31)41(32-16-10-7-11-17-32,33-18-12-8-13-19-33)34-20-14-9-15-21-34/h7-28H,6,29H2,1-5H3. The summed E-state index contributed by atoms with van der Waals surface area (Å²) in [5.41, 5.74) is 8.34. The summed E-state index contributed by atoms with van der Waals surface area (Å²) >= 11 is 0. The molecule has 0 spiro atoms. The van der Waals surface area contributed by atoms with E-state index in [0.29, 0.717) is 6.42 Å². The van der Waals surface area contributed by atoms with Crippen LogP contribution in [-0.2, 0) is 15.6 Å². The van der Waals surface area contributed by atoms with Crippen LogP contribution in [-0.4, -0.2) is 11.4 Å². The summed E-state index contributed by atoms with van der Waals surface area (Å²) in [6.07, 6.45) is 1.29. The van der Waals surface area contributed by atoms with E-state index in [0.717, 1.165) is 12.1 Å². The first-order chi connectivity index (χ1) is 20.7. The van der Waals surface area contributed by atoms with Crippen LogP contribution in [0, 0.1) is 6.92 Å². The zero-order valence-electron chi connectivity index (χ0n) is 26.0. The Balaban J connectivity index is 1.72. The van der Waals surface area contributed by atoms with Crippen LogP contribution in [0.25, 0.3) is 0 Å². The van der Waals surface area contributed by atoms with Gasteiger partial charge in [0.1, 0.15) is 0 Å².